The molecule has 0 spiro atoms. The van der Waals surface area contributed by atoms with E-state index in [-0.39, 0.29) is 11.8 Å². The van der Waals surface area contributed by atoms with Gasteiger partial charge >= 0.3 is 0 Å². The summed E-state index contributed by atoms with van der Waals surface area (Å²) in [5, 5.41) is 4.03. The van der Waals surface area contributed by atoms with Crippen LogP contribution in [0.5, 0.6) is 0 Å². The van der Waals surface area contributed by atoms with Gasteiger partial charge < -0.3 is 15.2 Å². The lowest BCUT2D eigenvalue weighted by atomic mass is 10.1. The third-order valence-corrected chi connectivity index (χ3v) is 5.45. The number of aromatic nitrogens is 1. The number of hydrogen-bond donors (Lipinski definition) is 2. The summed E-state index contributed by atoms with van der Waals surface area (Å²) < 4.78 is 0. The molecule has 0 radical (unpaired) electrons. The highest BCUT2D eigenvalue weighted by molar-refractivity contribution is 5.91. The van der Waals surface area contributed by atoms with E-state index in [1.165, 1.54) is 0 Å². The minimum Gasteiger partial charge on any atom is -0.361 e. The number of anilines is 1. The Bertz CT molecular complexity index is 975. The summed E-state index contributed by atoms with van der Waals surface area (Å²) in [4.78, 5) is 32.2. The molecular weight excluding hydrogens is 364 g/mol. The second-order valence-corrected chi connectivity index (χ2v) is 7.42. The Balaban J connectivity index is 1.22. The third kappa shape index (κ3) is 4.84. The number of nitrogens with one attached hydrogen (secondary N) is 2. The van der Waals surface area contributed by atoms with E-state index in [1.807, 2.05) is 65.7 Å². The molecule has 150 valence electrons. The van der Waals surface area contributed by atoms with Crippen molar-refractivity contribution < 1.29 is 9.59 Å². The molecule has 0 unspecified atom stereocenters. The predicted octanol–water partition coefficient (Wildman–Crippen LogP) is 2.88. The van der Waals surface area contributed by atoms with Gasteiger partial charge in [0.05, 0.1) is 6.42 Å². The van der Waals surface area contributed by atoms with Crippen molar-refractivity contribution >= 4 is 28.4 Å². The number of rotatable bonds is 6. The second-order valence-electron chi connectivity index (χ2n) is 7.42. The van der Waals surface area contributed by atoms with Gasteiger partial charge in [0.1, 0.15) is 0 Å². The molecule has 2 heterocycles. The number of aromatic amines is 1. The molecule has 1 aliphatic rings. The lowest BCUT2D eigenvalue weighted by Gasteiger charge is -2.34. The fourth-order valence-electron chi connectivity index (χ4n) is 3.78. The number of piperazine rings is 1. The van der Waals surface area contributed by atoms with Crippen LogP contribution in [0, 0.1) is 0 Å². The topological polar surface area (TPSA) is 68.4 Å². The van der Waals surface area contributed by atoms with Gasteiger partial charge in [0.15, 0.2) is 0 Å². The number of benzene rings is 2. The highest BCUT2D eigenvalue weighted by atomic mass is 16.2. The van der Waals surface area contributed by atoms with E-state index in [9.17, 15) is 9.59 Å². The van der Waals surface area contributed by atoms with Crippen LogP contribution in [0.4, 0.5) is 5.69 Å². The quantitative estimate of drug-likeness (QED) is 0.680. The van der Waals surface area contributed by atoms with E-state index >= 15 is 0 Å². The molecule has 6 nitrogen and oxygen atoms in total. The number of para-hydroxylation sites is 2. The normalized spacial score (nSPS) is 14.8. The zero-order valence-electron chi connectivity index (χ0n) is 16.4. The Morgan fingerprint density at radius 3 is 2.45 bits per heavy atom. The second kappa shape index (κ2) is 8.92. The van der Waals surface area contributed by atoms with Gasteiger partial charge in [-0.15, -0.1) is 0 Å². The maximum absolute atomic E-state index is 12.7. The number of carbonyl (C=O) groups is 2. The van der Waals surface area contributed by atoms with Crippen molar-refractivity contribution in [1.82, 2.24) is 14.8 Å². The molecule has 1 aromatic heterocycles. The fourth-order valence-corrected chi connectivity index (χ4v) is 3.78. The SMILES string of the molecule is O=C(CCN1CCN(C(=O)Cc2c[nH]c3ccccc23)CC1)Nc1ccccc1. The molecule has 1 fully saturated rings. The van der Waals surface area contributed by atoms with E-state index in [2.05, 4.69) is 15.2 Å². The van der Waals surface area contributed by atoms with Crippen LogP contribution in [0.1, 0.15) is 12.0 Å². The smallest absolute Gasteiger partial charge is 0.227 e. The van der Waals surface area contributed by atoms with E-state index < -0.39 is 0 Å². The number of H-pyrrole nitrogens is 1. The highest BCUT2D eigenvalue weighted by Crippen LogP contribution is 2.19. The van der Waals surface area contributed by atoms with Crippen LogP contribution in [0.25, 0.3) is 10.9 Å². The Morgan fingerprint density at radius 1 is 0.931 bits per heavy atom. The molecule has 3 aromatic rings. The maximum atomic E-state index is 12.7. The summed E-state index contributed by atoms with van der Waals surface area (Å²) in [5.41, 5.74) is 2.93. The van der Waals surface area contributed by atoms with Gasteiger partial charge in [0, 0.05) is 61.9 Å². The fraction of sp³-hybridized carbons (Fsp3) is 0.304. The molecule has 2 amide bonds. The van der Waals surface area contributed by atoms with E-state index in [4.69, 9.17) is 0 Å². The summed E-state index contributed by atoms with van der Waals surface area (Å²) >= 11 is 0. The predicted molar refractivity (Wildman–Crippen MR) is 115 cm³/mol. The molecule has 0 atom stereocenters. The Hall–Kier alpha value is -3.12. The maximum Gasteiger partial charge on any atom is 0.227 e. The van der Waals surface area contributed by atoms with Gasteiger partial charge in [-0.05, 0) is 23.8 Å². The van der Waals surface area contributed by atoms with Gasteiger partial charge in [0.25, 0.3) is 0 Å². The Labute approximate surface area is 170 Å². The third-order valence-electron chi connectivity index (χ3n) is 5.45. The summed E-state index contributed by atoms with van der Waals surface area (Å²) in [6.45, 7) is 3.74. The summed E-state index contributed by atoms with van der Waals surface area (Å²) in [5.74, 6) is 0.185. The molecule has 29 heavy (non-hydrogen) atoms. The first-order valence-corrected chi connectivity index (χ1v) is 10.1. The Morgan fingerprint density at radius 2 is 1.66 bits per heavy atom. The number of fused-ring (bicyclic) bond motifs is 1. The monoisotopic (exact) mass is 390 g/mol. The first-order chi connectivity index (χ1) is 14.2. The van der Waals surface area contributed by atoms with Crippen LogP contribution >= 0.6 is 0 Å². The minimum absolute atomic E-state index is 0.0223. The zero-order chi connectivity index (χ0) is 20.1. The van der Waals surface area contributed by atoms with Crippen molar-refractivity contribution in [3.63, 3.8) is 0 Å². The molecule has 1 aliphatic heterocycles. The average molecular weight is 390 g/mol. The molecule has 0 bridgehead atoms. The van der Waals surface area contributed by atoms with E-state index in [0.717, 1.165) is 35.2 Å². The van der Waals surface area contributed by atoms with Crippen molar-refractivity contribution in [2.75, 3.05) is 38.0 Å². The van der Waals surface area contributed by atoms with Crippen molar-refractivity contribution in [3.8, 4) is 0 Å². The lowest BCUT2D eigenvalue weighted by Crippen LogP contribution is -2.49. The van der Waals surface area contributed by atoms with Crippen LogP contribution in [0.15, 0.2) is 60.8 Å². The van der Waals surface area contributed by atoms with Gasteiger partial charge in [-0.3, -0.25) is 14.5 Å². The first-order valence-electron chi connectivity index (χ1n) is 10.1. The summed E-state index contributed by atoms with van der Waals surface area (Å²) in [6, 6.07) is 17.6. The van der Waals surface area contributed by atoms with Gasteiger partial charge in [-0.25, -0.2) is 0 Å². The van der Waals surface area contributed by atoms with Crippen molar-refractivity contribution in [1.29, 1.82) is 0 Å². The van der Waals surface area contributed by atoms with Crippen molar-refractivity contribution in [2.45, 2.75) is 12.8 Å². The lowest BCUT2D eigenvalue weighted by molar-refractivity contribution is -0.132. The van der Waals surface area contributed by atoms with Crippen molar-refractivity contribution in [2.24, 2.45) is 0 Å². The molecule has 1 saturated heterocycles. The standard InChI is InChI=1S/C23H26N4O2/c28-22(25-19-6-2-1-3-7-19)10-11-26-12-14-27(15-13-26)23(29)16-18-17-24-21-9-5-4-8-20(18)21/h1-9,17,24H,10-16H2,(H,25,28). The first kappa shape index (κ1) is 19.2. The highest BCUT2D eigenvalue weighted by Gasteiger charge is 2.22. The number of nitrogens with zero attached hydrogens (tertiary/aromatic N) is 2. The molecule has 0 saturated carbocycles. The van der Waals surface area contributed by atoms with Crippen LogP contribution in [-0.4, -0.2) is 59.3 Å². The minimum atomic E-state index is 0.0223. The molecule has 6 heteroatoms. The molecule has 0 aliphatic carbocycles. The van der Waals surface area contributed by atoms with Gasteiger partial charge in [-0.1, -0.05) is 36.4 Å². The summed E-state index contributed by atoms with van der Waals surface area (Å²) in [6.07, 6.45) is 2.81. The largest absolute Gasteiger partial charge is 0.361 e. The number of amides is 2. The zero-order valence-corrected chi connectivity index (χ0v) is 16.4. The molecule has 2 N–H and O–H groups in total. The molecule has 4 rings (SSSR count). The van der Waals surface area contributed by atoms with Crippen LogP contribution in [0.2, 0.25) is 0 Å². The molecular formula is C23H26N4O2. The van der Waals surface area contributed by atoms with Crippen LogP contribution in [0.3, 0.4) is 0 Å². The van der Waals surface area contributed by atoms with Gasteiger partial charge in [-0.2, -0.15) is 0 Å². The van der Waals surface area contributed by atoms with E-state index in [1.54, 1.807) is 0 Å². The molecule has 2 aromatic carbocycles. The number of carbonyl (C=O) groups excluding carboxylic acids is 2. The number of hydrogen-bond acceptors (Lipinski definition) is 3. The average Bonchev–Trinajstić information content (AvgIpc) is 3.16. The van der Waals surface area contributed by atoms with Crippen LogP contribution < -0.4 is 5.32 Å². The van der Waals surface area contributed by atoms with Crippen LogP contribution in [-0.2, 0) is 16.0 Å². The van der Waals surface area contributed by atoms with Gasteiger partial charge in [0.2, 0.25) is 11.8 Å². The van der Waals surface area contributed by atoms with Crippen molar-refractivity contribution in [3.05, 3.63) is 66.4 Å². The Kier molecular flexibility index (Phi) is 5.91. The summed E-state index contributed by atoms with van der Waals surface area (Å²) in [7, 11) is 0. The van der Waals surface area contributed by atoms with E-state index in [0.29, 0.717) is 32.5 Å².